The van der Waals surface area contributed by atoms with Crippen LogP contribution in [0.4, 0.5) is 0 Å². The standard InChI is InChI=1S/C14H8Cl2N2O2/c15-11-5-8(6-17-12(11)16)7-18-13(19)9-3-1-2-4-10(9)14(18)20/h1-6H,7H2. The van der Waals surface area contributed by atoms with Crippen LogP contribution in [0, 0.1) is 0 Å². The number of hydrogen-bond acceptors (Lipinski definition) is 3. The number of nitrogens with zero attached hydrogens (tertiary/aromatic N) is 2. The second kappa shape index (κ2) is 4.89. The molecule has 0 spiro atoms. The molecule has 2 amide bonds. The van der Waals surface area contributed by atoms with E-state index in [1.165, 1.54) is 11.1 Å². The van der Waals surface area contributed by atoms with Gasteiger partial charge in [-0.05, 0) is 23.8 Å². The Morgan fingerprint density at radius 2 is 1.65 bits per heavy atom. The van der Waals surface area contributed by atoms with Gasteiger partial charge < -0.3 is 0 Å². The minimum atomic E-state index is -0.309. The summed E-state index contributed by atoms with van der Waals surface area (Å²) in [6, 6.07) is 8.34. The van der Waals surface area contributed by atoms with E-state index in [1.807, 2.05) is 0 Å². The molecule has 2 heterocycles. The summed E-state index contributed by atoms with van der Waals surface area (Å²) in [5.74, 6) is -0.617. The number of aromatic nitrogens is 1. The maximum Gasteiger partial charge on any atom is 0.261 e. The Hall–Kier alpha value is -1.91. The molecule has 3 rings (SSSR count). The third-order valence-corrected chi connectivity index (χ3v) is 3.76. The minimum absolute atomic E-state index is 0.121. The van der Waals surface area contributed by atoms with Crippen LogP contribution in [0.3, 0.4) is 0 Å². The maximum atomic E-state index is 12.2. The molecule has 0 radical (unpaired) electrons. The van der Waals surface area contributed by atoms with E-state index in [2.05, 4.69) is 4.98 Å². The molecule has 1 aromatic heterocycles. The molecule has 1 aliphatic heterocycles. The molecule has 2 aromatic rings. The molecule has 1 aromatic carbocycles. The van der Waals surface area contributed by atoms with E-state index < -0.39 is 0 Å². The molecule has 6 heteroatoms. The summed E-state index contributed by atoms with van der Waals surface area (Å²) in [6.45, 7) is 0.121. The average Bonchev–Trinajstić information content (AvgIpc) is 2.69. The van der Waals surface area contributed by atoms with Gasteiger partial charge in [0.15, 0.2) is 0 Å². The summed E-state index contributed by atoms with van der Waals surface area (Å²) in [4.78, 5) is 29.5. The Balaban J connectivity index is 1.91. The van der Waals surface area contributed by atoms with Gasteiger partial charge in [0.05, 0.1) is 22.7 Å². The first kappa shape index (κ1) is 13.1. The molecule has 0 N–H and O–H groups in total. The van der Waals surface area contributed by atoms with Crippen LogP contribution >= 0.6 is 23.2 Å². The van der Waals surface area contributed by atoms with E-state index >= 15 is 0 Å². The van der Waals surface area contributed by atoms with E-state index in [-0.39, 0.29) is 23.5 Å². The quantitative estimate of drug-likeness (QED) is 0.632. The van der Waals surface area contributed by atoms with Gasteiger partial charge in [-0.2, -0.15) is 0 Å². The third-order valence-electron chi connectivity index (χ3n) is 3.07. The maximum absolute atomic E-state index is 12.2. The molecule has 0 aliphatic carbocycles. The lowest BCUT2D eigenvalue weighted by Crippen LogP contribution is -2.29. The number of amides is 2. The lowest BCUT2D eigenvalue weighted by molar-refractivity contribution is 0.0642. The van der Waals surface area contributed by atoms with Crippen LogP contribution in [0.2, 0.25) is 10.2 Å². The van der Waals surface area contributed by atoms with Crippen molar-refractivity contribution in [2.75, 3.05) is 0 Å². The summed E-state index contributed by atoms with van der Waals surface area (Å²) in [7, 11) is 0. The molecule has 0 fully saturated rings. The molecular weight excluding hydrogens is 299 g/mol. The Kier molecular flexibility index (Phi) is 3.20. The summed E-state index contributed by atoms with van der Waals surface area (Å²) >= 11 is 11.6. The predicted molar refractivity (Wildman–Crippen MR) is 74.9 cm³/mol. The molecule has 0 bridgehead atoms. The van der Waals surface area contributed by atoms with E-state index in [0.29, 0.717) is 21.7 Å². The van der Waals surface area contributed by atoms with Crippen LogP contribution in [0.1, 0.15) is 26.3 Å². The van der Waals surface area contributed by atoms with Gasteiger partial charge in [-0.3, -0.25) is 14.5 Å². The van der Waals surface area contributed by atoms with Crippen molar-refractivity contribution in [3.05, 3.63) is 63.4 Å². The molecule has 0 saturated heterocycles. The van der Waals surface area contributed by atoms with Crippen molar-refractivity contribution in [3.63, 3.8) is 0 Å². The van der Waals surface area contributed by atoms with Crippen LogP contribution in [0.25, 0.3) is 0 Å². The van der Waals surface area contributed by atoms with Gasteiger partial charge in [0, 0.05) is 6.20 Å². The molecule has 4 nitrogen and oxygen atoms in total. The van der Waals surface area contributed by atoms with Crippen LogP contribution in [0.15, 0.2) is 36.5 Å². The molecule has 1 aliphatic rings. The lowest BCUT2D eigenvalue weighted by atomic mass is 10.1. The molecule has 0 atom stereocenters. The molecule has 100 valence electrons. The highest BCUT2D eigenvalue weighted by molar-refractivity contribution is 6.41. The van der Waals surface area contributed by atoms with Gasteiger partial charge in [-0.1, -0.05) is 35.3 Å². The monoisotopic (exact) mass is 306 g/mol. The van der Waals surface area contributed by atoms with Gasteiger partial charge in [0.1, 0.15) is 5.15 Å². The molecule has 20 heavy (non-hydrogen) atoms. The zero-order valence-electron chi connectivity index (χ0n) is 10.1. The Morgan fingerprint density at radius 1 is 1.05 bits per heavy atom. The van der Waals surface area contributed by atoms with Gasteiger partial charge in [0.2, 0.25) is 0 Å². The fraction of sp³-hybridized carbons (Fsp3) is 0.0714. The highest BCUT2D eigenvalue weighted by atomic mass is 35.5. The zero-order chi connectivity index (χ0) is 14.3. The summed E-state index contributed by atoms with van der Waals surface area (Å²) < 4.78 is 0. The second-order valence-corrected chi connectivity index (χ2v) is 5.12. The highest BCUT2D eigenvalue weighted by Crippen LogP contribution is 2.26. The van der Waals surface area contributed by atoms with Crippen molar-refractivity contribution < 1.29 is 9.59 Å². The van der Waals surface area contributed by atoms with Crippen molar-refractivity contribution >= 4 is 35.0 Å². The van der Waals surface area contributed by atoms with Gasteiger partial charge in [-0.25, -0.2) is 4.98 Å². The number of benzene rings is 1. The molecule has 0 unspecified atom stereocenters. The smallest absolute Gasteiger partial charge is 0.261 e. The number of rotatable bonds is 2. The van der Waals surface area contributed by atoms with E-state index in [9.17, 15) is 9.59 Å². The number of carbonyl (C=O) groups is 2. The van der Waals surface area contributed by atoms with Crippen LogP contribution in [-0.2, 0) is 6.54 Å². The lowest BCUT2D eigenvalue weighted by Gasteiger charge is -2.13. The van der Waals surface area contributed by atoms with Crippen LogP contribution in [-0.4, -0.2) is 21.7 Å². The first-order valence-electron chi connectivity index (χ1n) is 5.83. The SMILES string of the molecule is O=C1c2ccccc2C(=O)N1Cc1cnc(Cl)c(Cl)c1. The third kappa shape index (κ3) is 2.07. The highest BCUT2D eigenvalue weighted by Gasteiger charge is 2.34. The largest absolute Gasteiger partial charge is 0.270 e. The zero-order valence-corrected chi connectivity index (χ0v) is 11.6. The van der Waals surface area contributed by atoms with E-state index in [1.54, 1.807) is 30.3 Å². The number of hydrogen-bond donors (Lipinski definition) is 0. The van der Waals surface area contributed by atoms with E-state index in [4.69, 9.17) is 23.2 Å². The summed E-state index contributed by atoms with van der Waals surface area (Å²) in [5.41, 5.74) is 1.49. The number of imide groups is 1. The van der Waals surface area contributed by atoms with Gasteiger partial charge >= 0.3 is 0 Å². The first-order valence-corrected chi connectivity index (χ1v) is 6.58. The number of carbonyl (C=O) groups excluding carboxylic acids is 2. The topological polar surface area (TPSA) is 50.3 Å². The van der Waals surface area contributed by atoms with Crippen molar-refractivity contribution in [2.24, 2.45) is 0 Å². The first-order chi connectivity index (χ1) is 9.58. The molecule has 0 saturated carbocycles. The second-order valence-electron chi connectivity index (χ2n) is 4.36. The Bertz CT molecular complexity index is 696. The van der Waals surface area contributed by atoms with Gasteiger partial charge in [-0.15, -0.1) is 0 Å². The number of fused-ring (bicyclic) bond motifs is 1. The predicted octanol–water partition coefficient (Wildman–Crippen LogP) is 3.18. The van der Waals surface area contributed by atoms with Crippen molar-refractivity contribution in [3.8, 4) is 0 Å². The van der Waals surface area contributed by atoms with Crippen LogP contribution in [0.5, 0.6) is 0 Å². The van der Waals surface area contributed by atoms with Crippen molar-refractivity contribution in [1.29, 1.82) is 0 Å². The van der Waals surface area contributed by atoms with Crippen molar-refractivity contribution in [1.82, 2.24) is 9.88 Å². The summed E-state index contributed by atoms with van der Waals surface area (Å²) in [6.07, 6.45) is 1.50. The van der Waals surface area contributed by atoms with Crippen LogP contribution < -0.4 is 0 Å². The van der Waals surface area contributed by atoms with E-state index in [0.717, 1.165) is 0 Å². The minimum Gasteiger partial charge on any atom is -0.270 e. The average molecular weight is 307 g/mol. The van der Waals surface area contributed by atoms with Crippen molar-refractivity contribution in [2.45, 2.75) is 6.54 Å². The normalized spacial score (nSPS) is 13.8. The van der Waals surface area contributed by atoms with Gasteiger partial charge in [0.25, 0.3) is 11.8 Å². The summed E-state index contributed by atoms with van der Waals surface area (Å²) in [5, 5.41) is 0.485. The molecular formula is C14H8Cl2N2O2. The number of halogens is 2. The number of pyridine rings is 1. The Labute approximate surface area is 124 Å². The fourth-order valence-electron chi connectivity index (χ4n) is 2.11. The fourth-order valence-corrected chi connectivity index (χ4v) is 2.40. The Morgan fingerprint density at radius 3 is 2.20 bits per heavy atom.